The van der Waals surface area contributed by atoms with Crippen molar-refractivity contribution in [2.75, 3.05) is 0 Å². The molecule has 1 aromatic heterocycles. The smallest absolute Gasteiger partial charge is 0.181 e. The maximum Gasteiger partial charge on any atom is 0.181 e. The van der Waals surface area contributed by atoms with E-state index >= 15 is 0 Å². The van der Waals surface area contributed by atoms with Gasteiger partial charge in [-0.1, -0.05) is 33.3 Å². The number of fused-ring (bicyclic) bond motifs is 1. The Morgan fingerprint density at radius 1 is 1.31 bits per heavy atom. The minimum absolute atomic E-state index is 0.266. The number of hydrogen-bond donors (Lipinski definition) is 0. The summed E-state index contributed by atoms with van der Waals surface area (Å²) in [6, 6.07) is 6.37. The van der Waals surface area contributed by atoms with Crippen LogP contribution in [0.4, 0.5) is 0 Å². The van der Waals surface area contributed by atoms with Crippen LogP contribution in [0, 0.1) is 0 Å². The fourth-order valence-electron chi connectivity index (χ4n) is 2.31. The SMILES string of the molecule is CCCC(C)(CC)c1ccc2ocnc2c1. The summed E-state index contributed by atoms with van der Waals surface area (Å²) in [7, 11) is 0. The molecule has 2 heteroatoms. The van der Waals surface area contributed by atoms with Crippen molar-refractivity contribution >= 4 is 11.1 Å². The second kappa shape index (κ2) is 4.28. The Morgan fingerprint density at radius 2 is 2.12 bits per heavy atom. The van der Waals surface area contributed by atoms with Gasteiger partial charge in [0.1, 0.15) is 5.52 Å². The molecule has 0 N–H and O–H groups in total. The zero-order chi connectivity index (χ0) is 11.6. The van der Waals surface area contributed by atoms with Gasteiger partial charge in [0.15, 0.2) is 12.0 Å². The predicted molar refractivity (Wildman–Crippen MR) is 66.6 cm³/mol. The van der Waals surface area contributed by atoms with Crippen molar-refractivity contribution in [3.63, 3.8) is 0 Å². The summed E-state index contributed by atoms with van der Waals surface area (Å²) >= 11 is 0. The second-order valence-corrected chi connectivity index (χ2v) is 4.70. The molecule has 16 heavy (non-hydrogen) atoms. The fourth-order valence-corrected chi connectivity index (χ4v) is 2.31. The van der Waals surface area contributed by atoms with E-state index in [0.717, 1.165) is 17.5 Å². The zero-order valence-corrected chi connectivity index (χ0v) is 10.3. The van der Waals surface area contributed by atoms with Gasteiger partial charge in [-0.15, -0.1) is 0 Å². The van der Waals surface area contributed by atoms with Gasteiger partial charge in [-0.2, -0.15) is 0 Å². The highest BCUT2D eigenvalue weighted by Gasteiger charge is 2.23. The number of benzene rings is 1. The van der Waals surface area contributed by atoms with Crippen LogP contribution in [0.1, 0.15) is 45.6 Å². The van der Waals surface area contributed by atoms with Crippen molar-refractivity contribution in [2.45, 2.75) is 45.4 Å². The summed E-state index contributed by atoms with van der Waals surface area (Å²) in [5, 5.41) is 0. The van der Waals surface area contributed by atoms with E-state index in [1.165, 1.54) is 24.8 Å². The molecule has 2 nitrogen and oxygen atoms in total. The molecular formula is C14H19NO. The molecule has 0 aliphatic rings. The van der Waals surface area contributed by atoms with E-state index < -0.39 is 0 Å². The van der Waals surface area contributed by atoms with Crippen LogP contribution in [-0.2, 0) is 5.41 Å². The first-order chi connectivity index (χ1) is 7.69. The average Bonchev–Trinajstić information content (AvgIpc) is 2.76. The van der Waals surface area contributed by atoms with Crippen molar-refractivity contribution < 1.29 is 4.42 Å². The first kappa shape index (κ1) is 11.2. The zero-order valence-electron chi connectivity index (χ0n) is 10.3. The first-order valence-corrected chi connectivity index (χ1v) is 6.03. The summed E-state index contributed by atoms with van der Waals surface area (Å²) in [5.74, 6) is 0. The van der Waals surface area contributed by atoms with Gasteiger partial charge in [-0.05, 0) is 36.0 Å². The minimum Gasteiger partial charge on any atom is -0.443 e. The number of oxazole rings is 1. The molecule has 0 aliphatic heterocycles. The maximum absolute atomic E-state index is 5.27. The van der Waals surface area contributed by atoms with Crippen LogP contribution in [0.3, 0.4) is 0 Å². The van der Waals surface area contributed by atoms with E-state index in [9.17, 15) is 0 Å². The van der Waals surface area contributed by atoms with Crippen molar-refractivity contribution in [3.8, 4) is 0 Å². The van der Waals surface area contributed by atoms with Crippen LogP contribution in [0.5, 0.6) is 0 Å². The van der Waals surface area contributed by atoms with E-state index in [0.29, 0.717) is 0 Å². The normalized spacial score (nSPS) is 15.2. The monoisotopic (exact) mass is 217 g/mol. The van der Waals surface area contributed by atoms with Crippen LogP contribution < -0.4 is 0 Å². The highest BCUT2D eigenvalue weighted by Crippen LogP contribution is 2.33. The second-order valence-electron chi connectivity index (χ2n) is 4.70. The fraction of sp³-hybridized carbons (Fsp3) is 0.500. The molecule has 0 saturated heterocycles. The van der Waals surface area contributed by atoms with E-state index in [2.05, 4.69) is 37.9 Å². The third kappa shape index (κ3) is 1.84. The van der Waals surface area contributed by atoms with E-state index in [-0.39, 0.29) is 5.41 Å². The molecule has 86 valence electrons. The van der Waals surface area contributed by atoms with E-state index in [4.69, 9.17) is 4.42 Å². The summed E-state index contributed by atoms with van der Waals surface area (Å²) in [4.78, 5) is 4.22. The summed E-state index contributed by atoms with van der Waals surface area (Å²) in [6.45, 7) is 6.82. The van der Waals surface area contributed by atoms with Crippen LogP contribution in [0.25, 0.3) is 11.1 Å². The highest BCUT2D eigenvalue weighted by atomic mass is 16.3. The van der Waals surface area contributed by atoms with E-state index in [1.807, 2.05) is 6.07 Å². The van der Waals surface area contributed by atoms with Crippen LogP contribution in [0.2, 0.25) is 0 Å². The molecular weight excluding hydrogens is 198 g/mol. The van der Waals surface area contributed by atoms with Crippen molar-refractivity contribution in [3.05, 3.63) is 30.2 Å². The predicted octanol–water partition coefficient (Wildman–Crippen LogP) is 4.30. The Bertz CT molecular complexity index is 474. The van der Waals surface area contributed by atoms with Crippen molar-refractivity contribution in [2.24, 2.45) is 0 Å². The Kier molecular flexibility index (Phi) is 2.99. The Hall–Kier alpha value is -1.31. The lowest BCUT2D eigenvalue weighted by Gasteiger charge is -2.28. The van der Waals surface area contributed by atoms with Gasteiger partial charge in [-0.25, -0.2) is 4.98 Å². The minimum atomic E-state index is 0.266. The average molecular weight is 217 g/mol. The third-order valence-corrected chi connectivity index (χ3v) is 3.61. The molecule has 0 saturated carbocycles. The molecule has 0 amide bonds. The Balaban J connectivity index is 2.44. The topological polar surface area (TPSA) is 26.0 Å². The molecule has 0 radical (unpaired) electrons. The molecule has 1 atom stereocenters. The van der Waals surface area contributed by atoms with Gasteiger partial charge in [0.25, 0.3) is 0 Å². The van der Waals surface area contributed by atoms with Crippen molar-refractivity contribution in [1.82, 2.24) is 4.98 Å². The van der Waals surface area contributed by atoms with Gasteiger partial charge in [0.05, 0.1) is 0 Å². The summed E-state index contributed by atoms with van der Waals surface area (Å²) < 4.78 is 5.27. The summed E-state index contributed by atoms with van der Waals surface area (Å²) in [5.41, 5.74) is 3.48. The Morgan fingerprint density at radius 3 is 2.81 bits per heavy atom. The lowest BCUT2D eigenvalue weighted by Crippen LogP contribution is -2.20. The molecule has 0 aliphatic carbocycles. The Labute approximate surface area is 96.7 Å². The number of nitrogens with zero attached hydrogens (tertiary/aromatic N) is 1. The van der Waals surface area contributed by atoms with Gasteiger partial charge in [-0.3, -0.25) is 0 Å². The van der Waals surface area contributed by atoms with Gasteiger partial charge < -0.3 is 4.42 Å². The maximum atomic E-state index is 5.27. The molecule has 0 bridgehead atoms. The third-order valence-electron chi connectivity index (χ3n) is 3.61. The first-order valence-electron chi connectivity index (χ1n) is 6.03. The molecule has 0 spiro atoms. The van der Waals surface area contributed by atoms with Gasteiger partial charge in [0.2, 0.25) is 0 Å². The summed E-state index contributed by atoms with van der Waals surface area (Å²) in [6.07, 6.45) is 5.09. The molecule has 2 rings (SSSR count). The van der Waals surface area contributed by atoms with Crippen LogP contribution in [0.15, 0.2) is 29.0 Å². The van der Waals surface area contributed by atoms with Crippen LogP contribution >= 0.6 is 0 Å². The lowest BCUT2D eigenvalue weighted by atomic mass is 9.76. The van der Waals surface area contributed by atoms with Crippen LogP contribution in [-0.4, -0.2) is 4.98 Å². The molecule has 2 aromatic rings. The number of aromatic nitrogens is 1. The quantitative estimate of drug-likeness (QED) is 0.763. The number of rotatable bonds is 4. The van der Waals surface area contributed by atoms with Crippen molar-refractivity contribution in [1.29, 1.82) is 0 Å². The van der Waals surface area contributed by atoms with E-state index in [1.54, 1.807) is 0 Å². The molecule has 1 aromatic carbocycles. The standard InChI is InChI=1S/C14H19NO/c1-4-8-14(3,5-2)11-6-7-13-12(9-11)15-10-16-13/h6-7,9-10H,4-5,8H2,1-3H3. The molecule has 1 heterocycles. The highest BCUT2D eigenvalue weighted by molar-refractivity contribution is 5.73. The number of hydrogen-bond acceptors (Lipinski definition) is 2. The lowest BCUT2D eigenvalue weighted by molar-refractivity contribution is 0.414. The molecule has 0 fully saturated rings. The van der Waals surface area contributed by atoms with Gasteiger partial charge in [0, 0.05) is 0 Å². The molecule has 1 unspecified atom stereocenters. The largest absolute Gasteiger partial charge is 0.443 e. The van der Waals surface area contributed by atoms with Gasteiger partial charge >= 0.3 is 0 Å².